The number of anilines is 4. The lowest BCUT2D eigenvalue weighted by Gasteiger charge is -2.21. The van der Waals surface area contributed by atoms with Crippen LogP contribution in [0.5, 0.6) is 0 Å². The van der Waals surface area contributed by atoms with E-state index in [1.54, 1.807) is 47.6 Å². The lowest BCUT2D eigenvalue weighted by Crippen LogP contribution is -2.13. The first-order chi connectivity index (χ1) is 17.9. The number of pyridine rings is 1. The summed E-state index contributed by atoms with van der Waals surface area (Å²) in [7, 11) is -9.19. The van der Waals surface area contributed by atoms with Crippen LogP contribution in [0, 0.1) is 65.2 Å². The van der Waals surface area contributed by atoms with Crippen molar-refractivity contribution in [2.24, 2.45) is 0 Å². The fourth-order valence-corrected chi connectivity index (χ4v) is 6.64. The Labute approximate surface area is 227 Å². The summed E-state index contributed by atoms with van der Waals surface area (Å²) in [6, 6.07) is 5.24. The van der Waals surface area contributed by atoms with Crippen LogP contribution in [0.1, 0.15) is 50.1 Å². The van der Waals surface area contributed by atoms with Gasteiger partial charge < -0.3 is 16.0 Å². The van der Waals surface area contributed by atoms with Gasteiger partial charge >= 0.3 is 0 Å². The van der Waals surface area contributed by atoms with E-state index in [0.29, 0.717) is 33.5 Å². The van der Waals surface area contributed by atoms with Crippen molar-refractivity contribution in [3.8, 4) is 6.07 Å². The van der Waals surface area contributed by atoms with Gasteiger partial charge in [0, 0.05) is 17.5 Å². The normalized spacial score (nSPS) is 11.7. The van der Waals surface area contributed by atoms with E-state index in [1.807, 2.05) is 0 Å². The number of benzene rings is 2. The molecule has 0 saturated heterocycles. The average Bonchev–Trinajstić information content (AvgIpc) is 2.79. The van der Waals surface area contributed by atoms with Gasteiger partial charge in [-0.3, -0.25) is 9.11 Å². The molecule has 3 aromatic rings. The Morgan fingerprint density at radius 3 is 1.74 bits per heavy atom. The number of nitriles is 1. The van der Waals surface area contributed by atoms with Crippen LogP contribution in [-0.4, -0.2) is 37.1 Å². The highest BCUT2D eigenvalue weighted by atomic mass is 32.2. The Morgan fingerprint density at radius 1 is 0.769 bits per heavy atom. The van der Waals surface area contributed by atoms with Crippen LogP contribution in [0.25, 0.3) is 0 Å². The molecule has 11 nitrogen and oxygen atoms in total. The lowest BCUT2D eigenvalue weighted by molar-refractivity contribution is 0.480. The van der Waals surface area contributed by atoms with Crippen LogP contribution < -0.4 is 10.6 Å². The molecule has 0 saturated carbocycles. The first-order valence-electron chi connectivity index (χ1n) is 11.6. The summed E-state index contributed by atoms with van der Waals surface area (Å²) in [6.45, 7) is 11.5. The third-order valence-corrected chi connectivity index (χ3v) is 8.81. The zero-order valence-electron chi connectivity index (χ0n) is 22.5. The minimum absolute atomic E-state index is 0.0526. The molecule has 0 aliphatic carbocycles. The van der Waals surface area contributed by atoms with E-state index in [4.69, 9.17) is 5.41 Å². The molecule has 39 heavy (non-hydrogen) atoms. The van der Waals surface area contributed by atoms with Gasteiger partial charge in [0.15, 0.2) is 5.82 Å². The molecule has 0 fully saturated rings. The maximum absolute atomic E-state index is 12.1. The molecule has 206 valence electrons. The number of nitrogens with one attached hydrogen (secondary N) is 3. The zero-order valence-corrected chi connectivity index (χ0v) is 24.1. The van der Waals surface area contributed by atoms with Gasteiger partial charge in [-0.05, 0) is 87.4 Å². The number of hydrogen-bond donors (Lipinski definition) is 5. The van der Waals surface area contributed by atoms with E-state index in [-0.39, 0.29) is 44.5 Å². The summed E-state index contributed by atoms with van der Waals surface area (Å²) < 4.78 is 67.9. The molecule has 2 aromatic carbocycles. The van der Waals surface area contributed by atoms with Gasteiger partial charge in [0.25, 0.3) is 20.2 Å². The van der Waals surface area contributed by atoms with Crippen molar-refractivity contribution < 1.29 is 25.9 Å². The van der Waals surface area contributed by atoms with Crippen LogP contribution >= 0.6 is 0 Å². The largest absolute Gasteiger partial charge is 0.339 e. The topological polar surface area (TPSA) is 193 Å². The van der Waals surface area contributed by atoms with Crippen molar-refractivity contribution in [2.75, 3.05) is 10.6 Å². The smallest absolute Gasteiger partial charge is 0.295 e. The van der Waals surface area contributed by atoms with Gasteiger partial charge in [-0.2, -0.15) is 22.1 Å². The van der Waals surface area contributed by atoms with E-state index in [2.05, 4.69) is 21.7 Å². The number of aromatic nitrogens is 1. The van der Waals surface area contributed by atoms with Gasteiger partial charge in [-0.25, -0.2) is 4.98 Å². The molecule has 1 heterocycles. The lowest BCUT2D eigenvalue weighted by atomic mass is 10.0. The van der Waals surface area contributed by atoms with Crippen molar-refractivity contribution >= 4 is 49.5 Å². The summed E-state index contributed by atoms with van der Waals surface area (Å²) in [5.41, 5.74) is 3.91. The SMILES string of the molecule is Cc1cc(C)c(S(=O)(=O)O)c(C)c1Nc1nc(Nc2c(C)cc(C)c(S(=O)(=O)O)c2C=N)c(C#N)c(C)c1C. The van der Waals surface area contributed by atoms with Crippen molar-refractivity contribution in [3.05, 3.63) is 62.2 Å². The first-order valence-corrected chi connectivity index (χ1v) is 14.5. The van der Waals surface area contributed by atoms with Gasteiger partial charge in [-0.1, -0.05) is 12.1 Å². The maximum Gasteiger partial charge on any atom is 0.295 e. The summed E-state index contributed by atoms with van der Waals surface area (Å²) in [5.74, 6) is 0.332. The fraction of sp³-hybridized carbons (Fsp3) is 0.269. The van der Waals surface area contributed by atoms with E-state index in [0.717, 1.165) is 6.21 Å². The first kappa shape index (κ1) is 29.7. The molecule has 0 bridgehead atoms. The second-order valence-corrected chi connectivity index (χ2v) is 12.1. The molecule has 0 aliphatic heterocycles. The number of rotatable bonds is 7. The third-order valence-electron chi connectivity index (χ3n) is 6.61. The molecule has 0 radical (unpaired) electrons. The molecule has 0 amide bonds. The van der Waals surface area contributed by atoms with Gasteiger partial charge in [-0.15, -0.1) is 0 Å². The second kappa shape index (κ2) is 10.4. The van der Waals surface area contributed by atoms with Crippen LogP contribution in [0.3, 0.4) is 0 Å². The Kier molecular flexibility index (Phi) is 7.91. The van der Waals surface area contributed by atoms with Crippen LogP contribution in [0.2, 0.25) is 0 Å². The second-order valence-electron chi connectivity index (χ2n) is 9.36. The van der Waals surface area contributed by atoms with Crippen LogP contribution in [0.15, 0.2) is 21.9 Å². The highest BCUT2D eigenvalue weighted by Crippen LogP contribution is 2.37. The van der Waals surface area contributed by atoms with E-state index >= 15 is 0 Å². The Balaban J connectivity index is 2.29. The van der Waals surface area contributed by atoms with Crippen molar-refractivity contribution in [1.29, 1.82) is 10.7 Å². The Hall–Kier alpha value is -3.83. The van der Waals surface area contributed by atoms with E-state index in [9.17, 15) is 31.2 Å². The summed E-state index contributed by atoms with van der Waals surface area (Å²) >= 11 is 0. The highest BCUT2D eigenvalue weighted by Gasteiger charge is 2.25. The predicted octanol–water partition coefficient (Wildman–Crippen LogP) is 5.09. The van der Waals surface area contributed by atoms with Crippen molar-refractivity contribution in [2.45, 2.75) is 58.3 Å². The predicted molar refractivity (Wildman–Crippen MR) is 149 cm³/mol. The average molecular weight is 572 g/mol. The maximum atomic E-state index is 12.1. The van der Waals surface area contributed by atoms with Crippen LogP contribution in [-0.2, 0) is 20.2 Å². The van der Waals surface area contributed by atoms with Gasteiger partial charge in [0.05, 0.1) is 11.3 Å². The number of nitrogens with zero attached hydrogens (tertiary/aromatic N) is 2. The molecular weight excluding hydrogens is 542 g/mol. The van der Waals surface area contributed by atoms with E-state index in [1.165, 1.54) is 13.0 Å². The van der Waals surface area contributed by atoms with Gasteiger partial charge in [0.2, 0.25) is 0 Å². The van der Waals surface area contributed by atoms with Crippen molar-refractivity contribution in [1.82, 2.24) is 4.98 Å². The number of aryl methyl sites for hydroxylation is 4. The highest BCUT2D eigenvalue weighted by molar-refractivity contribution is 7.86. The number of hydrogen-bond acceptors (Lipinski definition) is 9. The summed E-state index contributed by atoms with van der Waals surface area (Å²) in [4.78, 5) is 3.92. The molecular formula is C26H29N5O6S2. The molecule has 0 aliphatic rings. The standard InChI is InChI=1S/C26H29N5O6S2/c1-12-8-14(3)23(38(32,33)34)18(7)21(12)29-25-17(6)16(5)19(10-27)26(31-25)30-22-13(2)9-15(4)24(20(22)11-28)39(35,36)37/h8-9,11,28H,1-7H3,(H2,29,30,31)(H,32,33,34)(H,35,36,37). The molecule has 0 atom stereocenters. The fourth-order valence-electron chi connectivity index (χ4n) is 4.78. The minimum atomic E-state index is -4.68. The summed E-state index contributed by atoms with van der Waals surface area (Å²) in [6.07, 6.45) is 0.799. The Bertz CT molecular complexity index is 1810. The van der Waals surface area contributed by atoms with Crippen LogP contribution in [0.4, 0.5) is 23.0 Å². The molecule has 13 heteroatoms. The quantitative estimate of drug-likeness (QED) is 0.188. The monoisotopic (exact) mass is 571 g/mol. The third kappa shape index (κ3) is 5.50. The molecule has 5 N–H and O–H groups in total. The zero-order chi connectivity index (χ0) is 29.6. The molecule has 3 rings (SSSR count). The summed E-state index contributed by atoms with van der Waals surface area (Å²) in [5, 5.41) is 23.9. The molecule has 0 spiro atoms. The molecule has 0 unspecified atom stereocenters. The molecule has 1 aromatic heterocycles. The minimum Gasteiger partial charge on any atom is -0.339 e. The van der Waals surface area contributed by atoms with Gasteiger partial charge in [0.1, 0.15) is 21.7 Å². The Morgan fingerprint density at radius 2 is 1.26 bits per heavy atom. The van der Waals surface area contributed by atoms with Crippen molar-refractivity contribution in [3.63, 3.8) is 0 Å². The van der Waals surface area contributed by atoms with E-state index < -0.39 is 25.1 Å².